The number of carbonyl (C=O) groups is 2. The van der Waals surface area contributed by atoms with Gasteiger partial charge < -0.3 is 15.2 Å². The van der Waals surface area contributed by atoms with E-state index in [0.717, 1.165) is 11.3 Å². The van der Waals surface area contributed by atoms with Gasteiger partial charge in [0.2, 0.25) is 0 Å². The maximum atomic E-state index is 12.3. The highest BCUT2D eigenvalue weighted by Gasteiger charge is 2.22. The topological polar surface area (TPSA) is 75.6 Å². The SMILES string of the molecule is O=C(N[C@@H](Cc1ccccc1)C(=O)O)c1ccc(OCC2CC2)cc1. The Bertz CT molecular complexity index is 723. The standard InChI is InChI=1S/C20H21NO4/c22-19(16-8-10-17(11-9-16)25-13-15-6-7-15)21-18(20(23)24)12-14-4-2-1-3-5-14/h1-5,8-11,15,18H,6-7,12-13H2,(H,21,22)(H,23,24)/t18-/m0/s1. The highest BCUT2D eigenvalue weighted by molar-refractivity contribution is 5.96. The summed E-state index contributed by atoms with van der Waals surface area (Å²) in [5, 5.41) is 11.9. The van der Waals surface area contributed by atoms with Crippen LogP contribution < -0.4 is 10.1 Å². The fourth-order valence-electron chi connectivity index (χ4n) is 2.49. The predicted octanol–water partition coefficient (Wildman–Crippen LogP) is 2.90. The minimum Gasteiger partial charge on any atom is -0.493 e. The number of hydrogen-bond acceptors (Lipinski definition) is 3. The van der Waals surface area contributed by atoms with Crippen molar-refractivity contribution >= 4 is 11.9 Å². The smallest absolute Gasteiger partial charge is 0.326 e. The molecule has 2 aromatic carbocycles. The van der Waals surface area contributed by atoms with Crippen LogP contribution in [0.25, 0.3) is 0 Å². The zero-order valence-corrected chi connectivity index (χ0v) is 13.9. The highest BCUT2D eigenvalue weighted by atomic mass is 16.5. The van der Waals surface area contributed by atoms with Gasteiger partial charge in [-0.05, 0) is 48.6 Å². The number of aliphatic carboxylic acids is 1. The molecule has 1 aliphatic rings. The zero-order chi connectivity index (χ0) is 17.6. The van der Waals surface area contributed by atoms with Crippen molar-refractivity contribution in [2.24, 2.45) is 5.92 Å². The third kappa shape index (κ3) is 5.08. The number of carboxylic acid groups (broad SMARTS) is 1. The predicted molar refractivity (Wildman–Crippen MR) is 93.7 cm³/mol. The highest BCUT2D eigenvalue weighted by Crippen LogP contribution is 2.29. The van der Waals surface area contributed by atoms with Crippen LogP contribution in [0, 0.1) is 5.92 Å². The third-order valence-electron chi connectivity index (χ3n) is 4.19. The lowest BCUT2D eigenvalue weighted by Crippen LogP contribution is -2.42. The van der Waals surface area contributed by atoms with Gasteiger partial charge in [-0.15, -0.1) is 0 Å². The van der Waals surface area contributed by atoms with Gasteiger partial charge in [0.15, 0.2) is 0 Å². The van der Waals surface area contributed by atoms with Crippen molar-refractivity contribution in [3.05, 3.63) is 65.7 Å². The summed E-state index contributed by atoms with van der Waals surface area (Å²) < 4.78 is 5.64. The lowest BCUT2D eigenvalue weighted by atomic mass is 10.1. The van der Waals surface area contributed by atoms with E-state index in [1.807, 2.05) is 30.3 Å². The van der Waals surface area contributed by atoms with E-state index in [0.29, 0.717) is 18.1 Å². The summed E-state index contributed by atoms with van der Waals surface area (Å²) in [5.74, 6) is -0.0709. The summed E-state index contributed by atoms with van der Waals surface area (Å²) in [6.45, 7) is 0.712. The van der Waals surface area contributed by atoms with Crippen molar-refractivity contribution in [2.75, 3.05) is 6.61 Å². The van der Waals surface area contributed by atoms with E-state index in [9.17, 15) is 14.7 Å². The van der Waals surface area contributed by atoms with E-state index in [2.05, 4.69) is 5.32 Å². The molecule has 5 heteroatoms. The monoisotopic (exact) mass is 339 g/mol. The minimum atomic E-state index is -1.05. The molecule has 0 bridgehead atoms. The number of nitrogens with one attached hydrogen (secondary N) is 1. The lowest BCUT2D eigenvalue weighted by molar-refractivity contribution is -0.139. The maximum Gasteiger partial charge on any atom is 0.326 e. The fourth-order valence-corrected chi connectivity index (χ4v) is 2.49. The van der Waals surface area contributed by atoms with E-state index < -0.39 is 17.9 Å². The molecule has 130 valence electrons. The molecule has 1 atom stereocenters. The molecule has 0 radical (unpaired) electrons. The van der Waals surface area contributed by atoms with Crippen molar-refractivity contribution in [2.45, 2.75) is 25.3 Å². The molecule has 0 aromatic heterocycles. The van der Waals surface area contributed by atoms with Crippen molar-refractivity contribution in [1.29, 1.82) is 0 Å². The quantitative estimate of drug-likeness (QED) is 0.775. The van der Waals surface area contributed by atoms with Gasteiger partial charge in [0.05, 0.1) is 6.61 Å². The molecule has 0 saturated heterocycles. The van der Waals surface area contributed by atoms with Crippen LogP contribution in [-0.4, -0.2) is 29.6 Å². The van der Waals surface area contributed by atoms with Crippen molar-refractivity contribution in [1.82, 2.24) is 5.32 Å². The van der Waals surface area contributed by atoms with Gasteiger partial charge in [-0.1, -0.05) is 30.3 Å². The Labute approximate surface area is 146 Å². The van der Waals surface area contributed by atoms with Gasteiger partial charge in [-0.3, -0.25) is 4.79 Å². The normalized spacial score (nSPS) is 14.6. The zero-order valence-electron chi connectivity index (χ0n) is 13.9. The molecule has 1 amide bonds. The molecule has 5 nitrogen and oxygen atoms in total. The lowest BCUT2D eigenvalue weighted by Gasteiger charge is -2.15. The second-order valence-electron chi connectivity index (χ2n) is 6.33. The molecule has 0 unspecified atom stereocenters. The van der Waals surface area contributed by atoms with Gasteiger partial charge in [0.25, 0.3) is 5.91 Å². The largest absolute Gasteiger partial charge is 0.493 e. The molecular weight excluding hydrogens is 318 g/mol. The molecule has 2 N–H and O–H groups in total. The molecule has 1 fully saturated rings. The van der Waals surface area contributed by atoms with Gasteiger partial charge in [-0.2, -0.15) is 0 Å². The van der Waals surface area contributed by atoms with Crippen LogP contribution in [0.2, 0.25) is 0 Å². The summed E-state index contributed by atoms with van der Waals surface area (Å²) in [5.41, 5.74) is 1.28. The van der Waals surface area contributed by atoms with Crippen LogP contribution in [-0.2, 0) is 11.2 Å². The Hall–Kier alpha value is -2.82. The Balaban J connectivity index is 1.59. The Morgan fingerprint density at radius 1 is 1.08 bits per heavy atom. The number of hydrogen-bond donors (Lipinski definition) is 2. The third-order valence-corrected chi connectivity index (χ3v) is 4.19. The summed E-state index contributed by atoms with van der Waals surface area (Å²) in [4.78, 5) is 23.8. The number of benzene rings is 2. The Morgan fingerprint density at radius 2 is 1.76 bits per heavy atom. The van der Waals surface area contributed by atoms with Crippen molar-refractivity contribution in [3.63, 3.8) is 0 Å². The van der Waals surface area contributed by atoms with Crippen LogP contribution in [0.4, 0.5) is 0 Å². The van der Waals surface area contributed by atoms with Gasteiger partial charge in [-0.25, -0.2) is 4.79 Å². The fraction of sp³-hybridized carbons (Fsp3) is 0.300. The second kappa shape index (κ2) is 7.83. The molecule has 3 rings (SSSR count). The first-order chi connectivity index (χ1) is 12.1. The summed E-state index contributed by atoms with van der Waals surface area (Å²) >= 11 is 0. The van der Waals surface area contributed by atoms with E-state index in [4.69, 9.17) is 4.74 Å². The van der Waals surface area contributed by atoms with E-state index >= 15 is 0 Å². The average Bonchev–Trinajstić information content (AvgIpc) is 3.45. The summed E-state index contributed by atoms with van der Waals surface area (Å²) in [6.07, 6.45) is 2.68. The minimum absolute atomic E-state index is 0.241. The first kappa shape index (κ1) is 17.0. The van der Waals surface area contributed by atoms with E-state index in [1.165, 1.54) is 12.8 Å². The van der Waals surface area contributed by atoms with Crippen LogP contribution in [0.3, 0.4) is 0 Å². The van der Waals surface area contributed by atoms with Crippen LogP contribution >= 0.6 is 0 Å². The molecule has 0 aliphatic heterocycles. The summed E-state index contributed by atoms with van der Waals surface area (Å²) in [7, 11) is 0. The molecule has 0 heterocycles. The number of amides is 1. The molecular formula is C20H21NO4. The number of rotatable bonds is 8. The number of carbonyl (C=O) groups excluding carboxylic acids is 1. The van der Waals surface area contributed by atoms with Crippen LogP contribution in [0.15, 0.2) is 54.6 Å². The maximum absolute atomic E-state index is 12.3. The van der Waals surface area contributed by atoms with E-state index in [1.54, 1.807) is 24.3 Å². The molecule has 0 spiro atoms. The van der Waals surface area contributed by atoms with Gasteiger partial charge in [0, 0.05) is 12.0 Å². The Morgan fingerprint density at radius 3 is 2.36 bits per heavy atom. The first-order valence-corrected chi connectivity index (χ1v) is 8.42. The van der Waals surface area contributed by atoms with Gasteiger partial charge >= 0.3 is 5.97 Å². The Kier molecular flexibility index (Phi) is 5.33. The molecule has 2 aromatic rings. The molecule has 25 heavy (non-hydrogen) atoms. The number of ether oxygens (including phenoxy) is 1. The van der Waals surface area contributed by atoms with E-state index in [-0.39, 0.29) is 6.42 Å². The summed E-state index contributed by atoms with van der Waals surface area (Å²) in [6, 6.07) is 15.0. The number of carboxylic acids is 1. The molecule has 1 aliphatic carbocycles. The van der Waals surface area contributed by atoms with Crippen LogP contribution in [0.5, 0.6) is 5.75 Å². The van der Waals surface area contributed by atoms with Crippen molar-refractivity contribution in [3.8, 4) is 5.75 Å². The van der Waals surface area contributed by atoms with Crippen molar-refractivity contribution < 1.29 is 19.4 Å². The molecule has 1 saturated carbocycles. The van der Waals surface area contributed by atoms with Gasteiger partial charge in [0.1, 0.15) is 11.8 Å². The average molecular weight is 339 g/mol. The second-order valence-corrected chi connectivity index (χ2v) is 6.33. The first-order valence-electron chi connectivity index (χ1n) is 8.42. The van der Waals surface area contributed by atoms with Crippen LogP contribution in [0.1, 0.15) is 28.8 Å².